The van der Waals surface area contributed by atoms with Crippen LogP contribution in [-0.4, -0.2) is 29.5 Å². The minimum atomic E-state index is -0.145. The maximum absolute atomic E-state index is 12.0. The summed E-state index contributed by atoms with van der Waals surface area (Å²) in [6.07, 6.45) is 0. The SMILES string of the molecule is CN(CC(C)(C)C)C(=O)c1ccccc1O. The molecule has 0 aliphatic carbocycles. The fraction of sp³-hybridized carbons (Fsp3) is 0.462. The van der Waals surface area contributed by atoms with E-state index < -0.39 is 0 Å². The summed E-state index contributed by atoms with van der Waals surface area (Å²) in [5.41, 5.74) is 0.406. The second-order valence-corrected chi connectivity index (χ2v) is 5.24. The van der Waals surface area contributed by atoms with E-state index in [1.165, 1.54) is 6.07 Å². The van der Waals surface area contributed by atoms with Crippen molar-refractivity contribution < 1.29 is 9.90 Å². The fourth-order valence-corrected chi connectivity index (χ4v) is 1.64. The van der Waals surface area contributed by atoms with Gasteiger partial charge in [-0.1, -0.05) is 32.9 Å². The molecule has 0 aliphatic rings. The van der Waals surface area contributed by atoms with E-state index in [9.17, 15) is 9.90 Å². The van der Waals surface area contributed by atoms with E-state index in [4.69, 9.17) is 0 Å². The van der Waals surface area contributed by atoms with Crippen molar-refractivity contribution in [3.63, 3.8) is 0 Å². The van der Waals surface area contributed by atoms with Gasteiger partial charge in [0.2, 0.25) is 0 Å². The average Bonchev–Trinajstić information content (AvgIpc) is 2.15. The summed E-state index contributed by atoms with van der Waals surface area (Å²) in [4.78, 5) is 13.6. The molecule has 3 nitrogen and oxygen atoms in total. The molecule has 0 heterocycles. The van der Waals surface area contributed by atoms with Crippen molar-refractivity contribution in [2.75, 3.05) is 13.6 Å². The Balaban J connectivity index is 2.83. The Kier molecular flexibility index (Phi) is 3.58. The second kappa shape index (κ2) is 4.56. The van der Waals surface area contributed by atoms with Gasteiger partial charge in [0.15, 0.2) is 0 Å². The molecule has 16 heavy (non-hydrogen) atoms. The van der Waals surface area contributed by atoms with Gasteiger partial charge < -0.3 is 10.0 Å². The summed E-state index contributed by atoms with van der Waals surface area (Å²) in [7, 11) is 1.75. The van der Waals surface area contributed by atoms with Crippen molar-refractivity contribution in [3.8, 4) is 5.75 Å². The Bertz CT molecular complexity index is 380. The Morgan fingerprint density at radius 2 is 1.88 bits per heavy atom. The molecule has 0 bridgehead atoms. The van der Waals surface area contributed by atoms with Crippen molar-refractivity contribution in [2.24, 2.45) is 5.41 Å². The van der Waals surface area contributed by atoms with Gasteiger partial charge in [0.1, 0.15) is 5.75 Å². The van der Waals surface area contributed by atoms with Crippen LogP contribution in [0, 0.1) is 5.41 Å². The van der Waals surface area contributed by atoms with Crippen LogP contribution in [-0.2, 0) is 0 Å². The summed E-state index contributed by atoms with van der Waals surface area (Å²) < 4.78 is 0. The molecule has 0 saturated heterocycles. The maximum atomic E-state index is 12.0. The van der Waals surface area contributed by atoms with Crippen LogP contribution in [0.3, 0.4) is 0 Å². The minimum Gasteiger partial charge on any atom is -0.507 e. The molecule has 0 fully saturated rings. The third-order valence-electron chi connectivity index (χ3n) is 2.19. The van der Waals surface area contributed by atoms with E-state index in [1.54, 1.807) is 30.1 Å². The Morgan fingerprint density at radius 3 is 2.38 bits per heavy atom. The molecule has 1 rings (SSSR count). The van der Waals surface area contributed by atoms with Crippen LogP contribution in [0.5, 0.6) is 5.75 Å². The smallest absolute Gasteiger partial charge is 0.257 e. The standard InChI is InChI=1S/C13H19NO2/c1-13(2,3)9-14(4)12(16)10-7-5-6-8-11(10)15/h5-8,15H,9H2,1-4H3. The summed E-state index contributed by atoms with van der Waals surface area (Å²) >= 11 is 0. The molecule has 0 spiro atoms. The zero-order valence-electron chi connectivity index (χ0n) is 10.3. The summed E-state index contributed by atoms with van der Waals surface area (Å²) in [6.45, 7) is 6.87. The van der Waals surface area contributed by atoms with Crippen LogP contribution < -0.4 is 0 Å². The van der Waals surface area contributed by atoms with Gasteiger partial charge in [-0.25, -0.2) is 0 Å². The van der Waals surface area contributed by atoms with Crippen molar-refractivity contribution in [2.45, 2.75) is 20.8 Å². The number of phenolic OH excluding ortho intramolecular Hbond substituents is 1. The zero-order chi connectivity index (χ0) is 12.3. The fourth-order valence-electron chi connectivity index (χ4n) is 1.64. The molecule has 3 heteroatoms. The molecule has 0 radical (unpaired) electrons. The first-order chi connectivity index (χ1) is 7.31. The van der Waals surface area contributed by atoms with Crippen LogP contribution in [0.4, 0.5) is 0 Å². The monoisotopic (exact) mass is 221 g/mol. The molecule has 0 aromatic heterocycles. The molecule has 1 amide bonds. The van der Waals surface area contributed by atoms with Crippen LogP contribution >= 0.6 is 0 Å². The highest BCUT2D eigenvalue weighted by atomic mass is 16.3. The first kappa shape index (κ1) is 12.6. The van der Waals surface area contributed by atoms with E-state index in [-0.39, 0.29) is 17.1 Å². The van der Waals surface area contributed by atoms with Gasteiger partial charge in [0.25, 0.3) is 5.91 Å². The lowest BCUT2D eigenvalue weighted by molar-refractivity contribution is 0.0742. The second-order valence-electron chi connectivity index (χ2n) is 5.24. The normalized spacial score (nSPS) is 11.2. The Hall–Kier alpha value is -1.51. The summed E-state index contributed by atoms with van der Waals surface area (Å²) in [5.74, 6) is -0.110. The number of hydrogen-bond donors (Lipinski definition) is 1. The predicted octanol–water partition coefficient (Wildman–Crippen LogP) is 2.51. The van der Waals surface area contributed by atoms with Crippen LogP contribution in [0.25, 0.3) is 0 Å². The molecular weight excluding hydrogens is 202 g/mol. The number of carbonyl (C=O) groups excluding carboxylic acids is 1. The first-order valence-corrected chi connectivity index (χ1v) is 5.35. The molecular formula is C13H19NO2. The van der Waals surface area contributed by atoms with Crippen molar-refractivity contribution in [3.05, 3.63) is 29.8 Å². The van der Waals surface area contributed by atoms with E-state index in [0.29, 0.717) is 12.1 Å². The van der Waals surface area contributed by atoms with Crippen LogP contribution in [0.1, 0.15) is 31.1 Å². The molecule has 1 aromatic carbocycles. The average molecular weight is 221 g/mol. The van der Waals surface area contributed by atoms with Gasteiger partial charge in [0.05, 0.1) is 5.56 Å². The highest BCUT2D eigenvalue weighted by Crippen LogP contribution is 2.20. The summed E-state index contributed by atoms with van der Waals surface area (Å²) in [5, 5.41) is 9.58. The molecule has 0 aliphatic heterocycles. The lowest BCUT2D eigenvalue weighted by Gasteiger charge is -2.26. The molecule has 88 valence electrons. The Labute approximate surface area is 96.7 Å². The lowest BCUT2D eigenvalue weighted by Crippen LogP contribution is -2.34. The van der Waals surface area contributed by atoms with Crippen molar-refractivity contribution >= 4 is 5.91 Å². The number of phenols is 1. The third-order valence-corrected chi connectivity index (χ3v) is 2.19. The topological polar surface area (TPSA) is 40.5 Å². The van der Waals surface area contributed by atoms with E-state index in [1.807, 2.05) is 0 Å². The van der Waals surface area contributed by atoms with Gasteiger partial charge in [-0.2, -0.15) is 0 Å². The first-order valence-electron chi connectivity index (χ1n) is 5.35. The molecule has 1 aromatic rings. The molecule has 0 unspecified atom stereocenters. The maximum Gasteiger partial charge on any atom is 0.257 e. The third kappa shape index (κ3) is 3.26. The highest BCUT2D eigenvalue weighted by molar-refractivity contribution is 5.96. The van der Waals surface area contributed by atoms with Gasteiger partial charge >= 0.3 is 0 Å². The zero-order valence-corrected chi connectivity index (χ0v) is 10.3. The number of benzene rings is 1. The van der Waals surface area contributed by atoms with Gasteiger partial charge in [-0.15, -0.1) is 0 Å². The molecule has 0 atom stereocenters. The van der Waals surface area contributed by atoms with E-state index in [0.717, 1.165) is 0 Å². The number of aromatic hydroxyl groups is 1. The highest BCUT2D eigenvalue weighted by Gasteiger charge is 2.20. The van der Waals surface area contributed by atoms with Crippen LogP contribution in [0.15, 0.2) is 24.3 Å². The number of amides is 1. The van der Waals surface area contributed by atoms with Gasteiger partial charge in [-0.05, 0) is 17.5 Å². The predicted molar refractivity (Wildman–Crippen MR) is 64.5 cm³/mol. The van der Waals surface area contributed by atoms with E-state index >= 15 is 0 Å². The summed E-state index contributed by atoms with van der Waals surface area (Å²) in [6, 6.07) is 6.61. The lowest BCUT2D eigenvalue weighted by atomic mass is 9.96. The largest absolute Gasteiger partial charge is 0.507 e. The van der Waals surface area contributed by atoms with Crippen molar-refractivity contribution in [1.29, 1.82) is 0 Å². The van der Waals surface area contributed by atoms with Crippen LogP contribution in [0.2, 0.25) is 0 Å². The quantitative estimate of drug-likeness (QED) is 0.833. The molecule has 0 saturated carbocycles. The minimum absolute atomic E-state index is 0.0354. The molecule has 1 N–H and O–H groups in total. The Morgan fingerprint density at radius 1 is 1.31 bits per heavy atom. The van der Waals surface area contributed by atoms with E-state index in [2.05, 4.69) is 20.8 Å². The van der Waals surface area contributed by atoms with Gasteiger partial charge in [-0.3, -0.25) is 4.79 Å². The van der Waals surface area contributed by atoms with Gasteiger partial charge in [0, 0.05) is 13.6 Å². The van der Waals surface area contributed by atoms with Crippen molar-refractivity contribution in [1.82, 2.24) is 4.90 Å². The number of nitrogens with zero attached hydrogens (tertiary/aromatic N) is 1. The number of para-hydroxylation sites is 1. The number of hydrogen-bond acceptors (Lipinski definition) is 2. The number of carbonyl (C=O) groups is 1. The number of rotatable bonds is 2.